The summed E-state index contributed by atoms with van der Waals surface area (Å²) in [5.41, 5.74) is -0.307. The summed E-state index contributed by atoms with van der Waals surface area (Å²) in [6.45, 7) is 12.1. The second-order valence-electron chi connectivity index (χ2n) is 6.15. The van der Waals surface area contributed by atoms with Gasteiger partial charge in [0.2, 0.25) is 0 Å². The molecule has 1 saturated heterocycles. The molecule has 0 radical (unpaired) electrons. The van der Waals surface area contributed by atoms with Crippen LogP contribution in [-0.2, 0) is 9.53 Å². The Morgan fingerprint density at radius 3 is 2.62 bits per heavy atom. The van der Waals surface area contributed by atoms with E-state index in [1.807, 2.05) is 20.8 Å². The van der Waals surface area contributed by atoms with Gasteiger partial charge < -0.3 is 10.1 Å². The van der Waals surface area contributed by atoms with Gasteiger partial charge in [-0.2, -0.15) is 0 Å². The summed E-state index contributed by atoms with van der Waals surface area (Å²) in [7, 11) is 0. The number of rotatable bonds is 3. The highest BCUT2D eigenvalue weighted by molar-refractivity contribution is 5.70. The Kier molecular flexibility index (Phi) is 4.00. The van der Waals surface area contributed by atoms with Crippen LogP contribution in [0.5, 0.6) is 0 Å². The molecule has 1 heterocycles. The third-order valence-electron chi connectivity index (χ3n) is 3.37. The zero-order valence-electron chi connectivity index (χ0n) is 11.2. The van der Waals surface area contributed by atoms with Gasteiger partial charge >= 0.3 is 5.97 Å². The fourth-order valence-corrected chi connectivity index (χ4v) is 2.47. The third kappa shape index (κ3) is 3.48. The Balaban J connectivity index is 2.55. The fraction of sp³-hybridized carbons (Fsp3) is 0.923. The Labute approximate surface area is 98.9 Å². The van der Waals surface area contributed by atoms with Crippen molar-refractivity contribution in [2.45, 2.75) is 53.1 Å². The molecule has 0 aliphatic carbocycles. The van der Waals surface area contributed by atoms with Crippen molar-refractivity contribution in [3.8, 4) is 0 Å². The SMILES string of the molecule is CC[C@@H]1CNC[C@@]1(C)CC(=O)OC(C)(C)C. The van der Waals surface area contributed by atoms with Crippen LogP contribution in [0, 0.1) is 11.3 Å². The average molecular weight is 227 g/mol. The van der Waals surface area contributed by atoms with E-state index in [9.17, 15) is 4.79 Å². The average Bonchev–Trinajstić information content (AvgIpc) is 2.42. The molecule has 1 N–H and O–H groups in total. The molecule has 0 amide bonds. The summed E-state index contributed by atoms with van der Waals surface area (Å²) in [6.07, 6.45) is 1.64. The molecule has 1 rings (SSSR count). The van der Waals surface area contributed by atoms with Crippen LogP contribution in [-0.4, -0.2) is 24.7 Å². The Morgan fingerprint density at radius 1 is 1.50 bits per heavy atom. The standard InChI is InChI=1S/C13H25NO2/c1-6-10-8-14-9-13(10,5)7-11(15)16-12(2,3)4/h10,14H,6-9H2,1-5H3/t10-,13-/m1/s1. The number of hydrogen-bond donors (Lipinski definition) is 1. The summed E-state index contributed by atoms with van der Waals surface area (Å²) >= 11 is 0. The maximum absolute atomic E-state index is 11.8. The molecule has 1 aliphatic rings. The van der Waals surface area contributed by atoms with Crippen molar-refractivity contribution in [1.82, 2.24) is 5.32 Å². The van der Waals surface area contributed by atoms with Crippen molar-refractivity contribution < 1.29 is 9.53 Å². The van der Waals surface area contributed by atoms with Gasteiger partial charge in [-0.25, -0.2) is 0 Å². The molecule has 0 saturated carbocycles. The first-order valence-electron chi connectivity index (χ1n) is 6.19. The highest BCUT2D eigenvalue weighted by atomic mass is 16.6. The van der Waals surface area contributed by atoms with Crippen molar-refractivity contribution in [2.75, 3.05) is 13.1 Å². The molecule has 0 unspecified atom stereocenters. The molecule has 94 valence electrons. The van der Waals surface area contributed by atoms with E-state index in [0.29, 0.717) is 12.3 Å². The smallest absolute Gasteiger partial charge is 0.306 e. The van der Waals surface area contributed by atoms with Crippen molar-refractivity contribution in [3.05, 3.63) is 0 Å². The van der Waals surface area contributed by atoms with Crippen molar-refractivity contribution >= 4 is 5.97 Å². The predicted octanol–water partition coefficient (Wildman–Crippen LogP) is 2.35. The lowest BCUT2D eigenvalue weighted by atomic mass is 9.76. The first-order valence-corrected chi connectivity index (χ1v) is 6.19. The summed E-state index contributed by atoms with van der Waals surface area (Å²) in [5.74, 6) is 0.511. The van der Waals surface area contributed by atoms with Gasteiger partial charge in [-0.05, 0) is 38.6 Å². The molecule has 3 nitrogen and oxygen atoms in total. The Morgan fingerprint density at radius 2 is 2.12 bits per heavy atom. The van der Waals surface area contributed by atoms with E-state index in [-0.39, 0.29) is 17.0 Å². The van der Waals surface area contributed by atoms with Gasteiger partial charge in [-0.1, -0.05) is 20.3 Å². The predicted molar refractivity (Wildman–Crippen MR) is 65.2 cm³/mol. The van der Waals surface area contributed by atoms with Crippen LogP contribution >= 0.6 is 0 Å². The normalized spacial score (nSPS) is 30.4. The lowest BCUT2D eigenvalue weighted by Gasteiger charge is -2.30. The minimum absolute atomic E-state index is 0.0666. The van der Waals surface area contributed by atoms with Gasteiger partial charge in [0.1, 0.15) is 5.60 Å². The van der Waals surface area contributed by atoms with E-state index >= 15 is 0 Å². The van der Waals surface area contributed by atoms with Crippen molar-refractivity contribution in [1.29, 1.82) is 0 Å². The molecule has 0 aromatic carbocycles. The maximum atomic E-state index is 11.8. The van der Waals surface area contributed by atoms with Crippen LogP contribution in [0.2, 0.25) is 0 Å². The Bertz CT molecular complexity index is 257. The van der Waals surface area contributed by atoms with Gasteiger partial charge in [-0.3, -0.25) is 4.79 Å². The topological polar surface area (TPSA) is 38.3 Å². The van der Waals surface area contributed by atoms with Crippen LogP contribution in [0.3, 0.4) is 0 Å². The van der Waals surface area contributed by atoms with E-state index in [4.69, 9.17) is 4.74 Å². The number of nitrogens with one attached hydrogen (secondary N) is 1. The fourth-order valence-electron chi connectivity index (χ4n) is 2.47. The van der Waals surface area contributed by atoms with Gasteiger partial charge in [0.25, 0.3) is 0 Å². The highest BCUT2D eigenvalue weighted by Gasteiger charge is 2.40. The number of hydrogen-bond acceptors (Lipinski definition) is 3. The van der Waals surface area contributed by atoms with Crippen molar-refractivity contribution in [3.63, 3.8) is 0 Å². The molecular weight excluding hydrogens is 202 g/mol. The summed E-state index contributed by atoms with van der Waals surface area (Å²) in [6, 6.07) is 0. The van der Waals surface area contributed by atoms with Crippen molar-refractivity contribution in [2.24, 2.45) is 11.3 Å². The first kappa shape index (κ1) is 13.5. The van der Waals surface area contributed by atoms with Crippen LogP contribution in [0.1, 0.15) is 47.5 Å². The minimum Gasteiger partial charge on any atom is -0.460 e. The molecule has 3 heteroatoms. The van der Waals surface area contributed by atoms with Crippen LogP contribution in [0.4, 0.5) is 0 Å². The van der Waals surface area contributed by atoms with Crippen LogP contribution < -0.4 is 5.32 Å². The molecule has 1 aliphatic heterocycles. The van der Waals surface area contributed by atoms with Gasteiger partial charge in [0.05, 0.1) is 6.42 Å². The van der Waals surface area contributed by atoms with Crippen LogP contribution in [0.15, 0.2) is 0 Å². The second kappa shape index (κ2) is 4.74. The summed E-state index contributed by atoms with van der Waals surface area (Å²) in [5, 5.41) is 3.37. The van der Waals surface area contributed by atoms with E-state index in [1.165, 1.54) is 0 Å². The summed E-state index contributed by atoms with van der Waals surface area (Å²) in [4.78, 5) is 11.8. The molecule has 0 aromatic heterocycles. The Hall–Kier alpha value is -0.570. The number of esters is 1. The second-order valence-corrected chi connectivity index (χ2v) is 6.15. The summed E-state index contributed by atoms with van der Waals surface area (Å²) < 4.78 is 5.39. The van der Waals surface area contributed by atoms with E-state index in [1.54, 1.807) is 0 Å². The number of carbonyl (C=O) groups excluding carboxylic acids is 1. The molecule has 16 heavy (non-hydrogen) atoms. The van der Waals surface area contributed by atoms with Gasteiger partial charge in [0.15, 0.2) is 0 Å². The molecule has 0 bridgehead atoms. The lowest BCUT2D eigenvalue weighted by Crippen LogP contribution is -2.33. The third-order valence-corrected chi connectivity index (χ3v) is 3.37. The highest BCUT2D eigenvalue weighted by Crippen LogP contribution is 2.37. The molecular formula is C13H25NO2. The lowest BCUT2D eigenvalue weighted by molar-refractivity contribution is -0.157. The zero-order chi connectivity index (χ0) is 12.4. The monoisotopic (exact) mass is 227 g/mol. The molecule has 0 aromatic rings. The quantitative estimate of drug-likeness (QED) is 0.752. The van der Waals surface area contributed by atoms with E-state index in [2.05, 4.69) is 19.2 Å². The number of ether oxygens (including phenoxy) is 1. The van der Waals surface area contributed by atoms with E-state index < -0.39 is 0 Å². The first-order chi connectivity index (χ1) is 7.27. The largest absolute Gasteiger partial charge is 0.460 e. The minimum atomic E-state index is -0.374. The molecule has 1 fully saturated rings. The maximum Gasteiger partial charge on any atom is 0.306 e. The molecule has 2 atom stereocenters. The van der Waals surface area contributed by atoms with Gasteiger partial charge in [0, 0.05) is 6.54 Å². The van der Waals surface area contributed by atoms with Gasteiger partial charge in [-0.15, -0.1) is 0 Å². The van der Waals surface area contributed by atoms with Crippen LogP contribution in [0.25, 0.3) is 0 Å². The number of carbonyl (C=O) groups is 1. The zero-order valence-corrected chi connectivity index (χ0v) is 11.2. The molecule has 0 spiro atoms. The van der Waals surface area contributed by atoms with E-state index in [0.717, 1.165) is 19.5 Å².